The molecule has 1 saturated heterocycles. The van der Waals surface area contributed by atoms with Crippen LogP contribution in [0.25, 0.3) is 0 Å². The lowest BCUT2D eigenvalue weighted by Crippen LogP contribution is -2.73. The van der Waals surface area contributed by atoms with Gasteiger partial charge in [0, 0.05) is 30.9 Å². The Morgan fingerprint density at radius 1 is 0.968 bits per heavy atom. The number of nitrogens with zero attached hydrogens (tertiary/aromatic N) is 3. The number of imidazole rings is 1. The molecular weight excluding hydrogens is 797 g/mol. The minimum Gasteiger partial charge on any atom is -0.458 e. The summed E-state index contributed by atoms with van der Waals surface area (Å²) in [6.07, 6.45) is 6.86. The van der Waals surface area contributed by atoms with Crippen LogP contribution < -0.4 is 34.0 Å². The largest absolute Gasteiger partial charge is 0.458 e. The first-order valence-electron chi connectivity index (χ1n) is 22.0. The summed E-state index contributed by atoms with van der Waals surface area (Å²) in [4.78, 5) is 96.6. The van der Waals surface area contributed by atoms with Gasteiger partial charge in [-0.3, -0.25) is 19.2 Å². The van der Waals surface area contributed by atoms with Gasteiger partial charge in [0.1, 0.15) is 5.60 Å². The van der Waals surface area contributed by atoms with E-state index in [0.29, 0.717) is 36.4 Å². The number of unbranched alkanes of at least 4 members (excludes halogenated alkanes) is 1. The van der Waals surface area contributed by atoms with Crippen molar-refractivity contribution in [1.29, 1.82) is 0 Å². The van der Waals surface area contributed by atoms with Crippen LogP contribution in [0.1, 0.15) is 109 Å². The molecule has 344 valence electrons. The van der Waals surface area contributed by atoms with E-state index in [1.165, 1.54) is 12.5 Å². The Morgan fingerprint density at radius 2 is 1.66 bits per heavy atom. The highest BCUT2D eigenvalue weighted by Gasteiger charge is 2.61. The summed E-state index contributed by atoms with van der Waals surface area (Å²) in [5, 5.41) is 14.0. The molecule has 0 bridgehead atoms. The number of carbonyl (C=O) groups excluding carboxylic acids is 6. The highest BCUT2D eigenvalue weighted by molar-refractivity contribution is 6.18. The number of amides is 5. The SMILES string of the molecule is CC(C)(C)OC(=O)C1(C(=O)[C@H](Cc2cnc[nH]2)NC(=O)[C@@H](N)Cc2ccccc2)C[C@@H](CN)CCN1C(=O)N(C(=O)C[C@H](O)C(N)CC1CCCCC1)C(=O)[C@@H](N)CCCCN. The van der Waals surface area contributed by atoms with Crippen molar-refractivity contribution in [3.05, 3.63) is 54.1 Å². The number of ketones is 1. The van der Waals surface area contributed by atoms with E-state index < -0.39 is 89.3 Å². The molecule has 2 unspecified atom stereocenters. The zero-order valence-electron chi connectivity index (χ0n) is 36.6. The van der Waals surface area contributed by atoms with E-state index in [1.807, 2.05) is 6.07 Å². The van der Waals surface area contributed by atoms with Crippen molar-refractivity contribution in [2.45, 2.75) is 152 Å². The highest BCUT2D eigenvalue weighted by atomic mass is 16.6. The van der Waals surface area contributed by atoms with Crippen molar-refractivity contribution in [3.63, 3.8) is 0 Å². The monoisotopic (exact) mass is 867 g/mol. The van der Waals surface area contributed by atoms with Gasteiger partial charge >= 0.3 is 12.0 Å². The van der Waals surface area contributed by atoms with Gasteiger partial charge < -0.3 is 53.7 Å². The Labute approximate surface area is 364 Å². The molecule has 1 aromatic carbocycles. The second kappa shape index (κ2) is 23.2. The van der Waals surface area contributed by atoms with Gasteiger partial charge in [-0.2, -0.15) is 4.90 Å². The van der Waals surface area contributed by atoms with Gasteiger partial charge in [-0.15, -0.1) is 0 Å². The number of rotatable bonds is 20. The first-order chi connectivity index (χ1) is 29.4. The number of aliphatic hydroxyl groups excluding tert-OH is 1. The summed E-state index contributed by atoms with van der Waals surface area (Å²) in [5.41, 5.74) is 28.5. The average Bonchev–Trinajstić information content (AvgIpc) is 3.76. The van der Waals surface area contributed by atoms with Crippen LogP contribution in [-0.2, 0) is 41.6 Å². The predicted molar refractivity (Wildman–Crippen MR) is 232 cm³/mol. The number of hydrogen-bond donors (Lipinski definition) is 8. The van der Waals surface area contributed by atoms with Gasteiger partial charge in [0.2, 0.25) is 17.4 Å². The fraction of sp³-hybridized carbons (Fsp3) is 0.659. The number of benzene rings is 1. The van der Waals surface area contributed by atoms with Crippen LogP contribution in [-0.4, -0.2) is 121 Å². The number of carbonyl (C=O) groups is 6. The number of hydrogen-bond acceptors (Lipinski definition) is 14. The van der Waals surface area contributed by atoms with Gasteiger partial charge in [-0.25, -0.2) is 14.6 Å². The number of likely N-dealkylation sites (tertiary alicyclic amines) is 1. The van der Waals surface area contributed by atoms with Crippen molar-refractivity contribution in [1.82, 2.24) is 25.1 Å². The molecule has 4 rings (SSSR count). The number of H-pyrrole nitrogens is 1. The van der Waals surface area contributed by atoms with Crippen LogP contribution in [0.4, 0.5) is 4.79 Å². The number of aromatic nitrogens is 2. The fourth-order valence-electron chi connectivity index (χ4n) is 8.46. The van der Waals surface area contributed by atoms with Crippen LogP contribution in [0, 0.1) is 11.8 Å². The predicted octanol–water partition coefficient (Wildman–Crippen LogP) is 1.31. The second-order valence-corrected chi connectivity index (χ2v) is 18.0. The Bertz CT molecular complexity index is 1780. The van der Waals surface area contributed by atoms with E-state index in [2.05, 4.69) is 15.3 Å². The average molecular weight is 867 g/mol. The molecule has 1 aromatic heterocycles. The van der Waals surface area contributed by atoms with Crippen molar-refractivity contribution < 1.29 is 38.6 Å². The molecule has 2 aromatic rings. The third-order valence-electron chi connectivity index (χ3n) is 11.9. The van der Waals surface area contributed by atoms with Gasteiger partial charge in [0.05, 0.1) is 37.0 Å². The van der Waals surface area contributed by atoms with Crippen molar-refractivity contribution in [2.24, 2.45) is 40.5 Å². The molecule has 2 fully saturated rings. The maximum absolute atomic E-state index is 15.6. The van der Waals surface area contributed by atoms with Crippen molar-refractivity contribution in [3.8, 4) is 0 Å². The summed E-state index contributed by atoms with van der Waals surface area (Å²) in [6, 6.07) is 2.86. The summed E-state index contributed by atoms with van der Waals surface area (Å²) < 4.78 is 5.94. The number of esters is 1. The van der Waals surface area contributed by atoms with E-state index in [-0.39, 0.29) is 51.1 Å². The van der Waals surface area contributed by atoms with E-state index in [0.717, 1.165) is 42.6 Å². The third kappa shape index (κ3) is 13.5. The topological polar surface area (TPSA) is 309 Å². The quantitative estimate of drug-likeness (QED) is 0.0529. The number of aliphatic hydroxyl groups is 1. The Hall–Kier alpha value is -4.59. The Balaban J connectivity index is 1.81. The van der Waals surface area contributed by atoms with Crippen molar-refractivity contribution in [2.75, 3.05) is 19.6 Å². The van der Waals surface area contributed by atoms with E-state index >= 15 is 9.59 Å². The van der Waals surface area contributed by atoms with Gasteiger partial charge in [0.15, 0.2) is 5.78 Å². The number of nitrogens with one attached hydrogen (secondary N) is 2. The molecule has 18 nitrogen and oxygen atoms in total. The molecule has 2 heterocycles. The minimum absolute atomic E-state index is 0.00194. The first kappa shape index (κ1) is 50.1. The molecule has 62 heavy (non-hydrogen) atoms. The fourth-order valence-corrected chi connectivity index (χ4v) is 8.46. The Kier molecular flexibility index (Phi) is 18.7. The minimum atomic E-state index is -2.55. The number of urea groups is 1. The molecule has 13 N–H and O–H groups in total. The molecule has 5 amide bonds. The van der Waals surface area contributed by atoms with Gasteiger partial charge in [-0.05, 0) is 89.8 Å². The molecular formula is C44H70N10O8. The van der Waals surface area contributed by atoms with Crippen LogP contribution in [0.5, 0.6) is 0 Å². The number of nitrogens with two attached hydrogens (primary N) is 5. The standard InChI is InChI=1S/C44H70N10O8/c1-43(2,3)62-41(60)44(38(57)35(22-31-26-50-27-51-31)52-39(58)34(49)21-29-14-8-5-9-15-29)24-30(25-46)17-19-53(44)42(61)54(40(59)32(47)16-10-11-18-45)37(56)23-36(55)33(48)20-28-12-6-4-7-13-28/h5,8-9,14-15,26-28,30,32-36,55H,4,6-7,10-13,16-25,45-49H2,1-3H3,(H,50,51)(H,52,58)/t30-,32-,33?,34-,35-,36-,44?/m0/s1. The third-order valence-corrected chi connectivity index (χ3v) is 11.9. The summed E-state index contributed by atoms with van der Waals surface area (Å²) >= 11 is 0. The number of piperidine rings is 1. The van der Waals surface area contributed by atoms with Crippen molar-refractivity contribution >= 4 is 35.5 Å². The number of aromatic amines is 1. The zero-order valence-corrected chi connectivity index (χ0v) is 36.6. The number of ether oxygens (including phenoxy) is 1. The maximum Gasteiger partial charge on any atom is 0.340 e. The normalized spacial score (nSPS) is 20.9. The smallest absolute Gasteiger partial charge is 0.340 e. The lowest BCUT2D eigenvalue weighted by atomic mass is 9.74. The number of imide groups is 3. The van der Waals surface area contributed by atoms with Crippen LogP contribution >= 0.6 is 0 Å². The molecule has 2 aliphatic rings. The molecule has 0 radical (unpaired) electrons. The Morgan fingerprint density at radius 3 is 2.27 bits per heavy atom. The van der Waals surface area contributed by atoms with E-state index in [9.17, 15) is 24.3 Å². The van der Waals surface area contributed by atoms with E-state index in [4.69, 9.17) is 33.4 Å². The summed E-state index contributed by atoms with van der Waals surface area (Å²) in [5.74, 6) is -5.31. The van der Waals surface area contributed by atoms with Crippen LogP contribution in [0.2, 0.25) is 0 Å². The molecule has 7 atom stereocenters. The molecule has 1 saturated carbocycles. The highest BCUT2D eigenvalue weighted by Crippen LogP contribution is 2.38. The summed E-state index contributed by atoms with van der Waals surface area (Å²) in [6.45, 7) is 4.75. The molecule has 1 aliphatic carbocycles. The lowest BCUT2D eigenvalue weighted by Gasteiger charge is -2.49. The van der Waals surface area contributed by atoms with Crippen LogP contribution in [0.3, 0.4) is 0 Å². The maximum atomic E-state index is 15.6. The second-order valence-electron chi connectivity index (χ2n) is 18.0. The van der Waals surface area contributed by atoms with Gasteiger partial charge in [-0.1, -0.05) is 68.9 Å². The molecule has 1 aliphatic heterocycles. The van der Waals surface area contributed by atoms with Crippen LogP contribution in [0.15, 0.2) is 42.9 Å². The summed E-state index contributed by atoms with van der Waals surface area (Å²) in [7, 11) is 0. The molecule has 18 heteroatoms. The zero-order chi connectivity index (χ0) is 45.6. The lowest BCUT2D eigenvalue weighted by molar-refractivity contribution is -0.176. The molecule has 0 spiro atoms. The van der Waals surface area contributed by atoms with Gasteiger partial charge in [0.25, 0.3) is 5.91 Å². The number of Topliss-reactive ketones (excluding diaryl/α,β-unsaturated/α-hetero) is 1. The first-order valence-corrected chi connectivity index (χ1v) is 22.0. The van der Waals surface area contributed by atoms with E-state index in [1.54, 1.807) is 45.0 Å².